The second-order valence-corrected chi connectivity index (χ2v) is 0.283. The number of carboxylic acid groups (broad SMARTS) is 2. The molecule has 0 aliphatic heterocycles. The summed E-state index contributed by atoms with van der Waals surface area (Å²) in [5.74, 6) is 0. The molecule has 2 N–H and O–H groups in total. The van der Waals surface area contributed by atoms with Crippen LogP contribution in [0.2, 0.25) is 0 Å². The van der Waals surface area contributed by atoms with Crippen LogP contribution in [-0.4, -0.2) is 16.4 Å². The molecule has 0 atom stereocenters. The fourth-order valence-corrected chi connectivity index (χ4v) is 0. The van der Waals surface area contributed by atoms with Crippen molar-refractivity contribution >= 4 is 6.16 Å². The molecule has 0 amide bonds. The van der Waals surface area contributed by atoms with E-state index in [0.29, 0.717) is 0 Å². The van der Waals surface area contributed by atoms with Crippen molar-refractivity contribution in [2.45, 2.75) is 0 Å². The van der Waals surface area contributed by atoms with Gasteiger partial charge in [0.2, 0.25) is 0 Å². The standard InChI is InChI=1S/CH2O3.2Cu.O/c2-1(3)4;;;/h(H2,2,3,4);;;. The summed E-state index contributed by atoms with van der Waals surface area (Å²) in [5.41, 5.74) is 0. The van der Waals surface area contributed by atoms with Crippen molar-refractivity contribution in [3.05, 3.63) is 0 Å². The summed E-state index contributed by atoms with van der Waals surface area (Å²) < 4.78 is 7.81. The fraction of sp³-hybridized carbons (Fsp3) is 0. The van der Waals surface area contributed by atoms with E-state index in [-0.39, 0.29) is 17.1 Å². The van der Waals surface area contributed by atoms with Crippen molar-refractivity contribution in [1.29, 1.82) is 0 Å². The Bertz CT molecular complexity index is 41.0. The molecular formula is CH2Cu2O4. The second kappa shape index (κ2) is 16.5. The van der Waals surface area contributed by atoms with Gasteiger partial charge in [0, 0.05) is 17.1 Å². The summed E-state index contributed by atoms with van der Waals surface area (Å²) in [4.78, 5) is 8.56. The minimum absolute atomic E-state index is 0. The summed E-state index contributed by atoms with van der Waals surface area (Å²) in [5, 5.41) is 13.9. The van der Waals surface area contributed by atoms with Gasteiger partial charge in [0.25, 0.3) is 0 Å². The van der Waals surface area contributed by atoms with Crippen LogP contribution in [0.1, 0.15) is 0 Å². The van der Waals surface area contributed by atoms with Crippen molar-refractivity contribution in [2.24, 2.45) is 0 Å². The molecule has 0 bridgehead atoms. The Labute approximate surface area is 58.4 Å². The molecule has 0 aliphatic rings. The fourth-order valence-electron chi connectivity index (χ4n) is 0. The van der Waals surface area contributed by atoms with Crippen LogP contribution in [-0.2, 0) is 36.8 Å². The molecule has 7 heavy (non-hydrogen) atoms. The van der Waals surface area contributed by atoms with Crippen LogP contribution in [0.5, 0.6) is 0 Å². The van der Waals surface area contributed by atoms with Gasteiger partial charge in [-0.15, -0.1) is 0 Å². The molecule has 0 rings (SSSR count). The van der Waals surface area contributed by atoms with Crippen molar-refractivity contribution < 1.29 is 51.9 Å². The van der Waals surface area contributed by atoms with Crippen LogP contribution >= 0.6 is 0 Å². The van der Waals surface area contributed by atoms with Gasteiger partial charge in [-0.25, -0.2) is 4.79 Å². The third kappa shape index (κ3) is 8690. The zero-order valence-electron chi connectivity index (χ0n) is 2.81. The van der Waals surface area contributed by atoms with Crippen LogP contribution in [0, 0.1) is 0 Å². The van der Waals surface area contributed by atoms with Gasteiger partial charge in [-0.05, 0) is 0 Å². The van der Waals surface area contributed by atoms with E-state index in [1.54, 1.807) is 0 Å². The zero-order chi connectivity index (χ0) is 5.58. The first-order valence-electron chi connectivity index (χ1n) is 0.774. The maximum absolute atomic E-state index is 8.56. The minimum atomic E-state index is -1.83. The van der Waals surface area contributed by atoms with Gasteiger partial charge < -0.3 is 10.2 Å². The summed E-state index contributed by atoms with van der Waals surface area (Å²) in [7, 11) is 0. The monoisotopic (exact) mass is 204 g/mol. The topological polar surface area (TPSA) is 74.6 Å². The van der Waals surface area contributed by atoms with Crippen molar-refractivity contribution in [2.75, 3.05) is 0 Å². The Hall–Kier alpha value is 0.109. The quantitative estimate of drug-likeness (QED) is 0.550. The molecule has 0 aromatic heterocycles. The van der Waals surface area contributed by atoms with Crippen molar-refractivity contribution in [3.63, 3.8) is 0 Å². The van der Waals surface area contributed by atoms with Gasteiger partial charge in [-0.3, -0.25) is 0 Å². The van der Waals surface area contributed by atoms with Crippen LogP contribution in [0.15, 0.2) is 0 Å². The van der Waals surface area contributed by atoms with Gasteiger partial charge >= 0.3 is 25.9 Å². The number of carbonyl (C=O) groups is 1. The molecule has 4 nitrogen and oxygen atoms in total. The molecule has 0 unspecified atom stereocenters. The Balaban J connectivity index is -0.0000000480. The van der Waals surface area contributed by atoms with E-state index in [9.17, 15) is 0 Å². The van der Waals surface area contributed by atoms with Gasteiger partial charge in [0.05, 0.1) is 0 Å². The molecular weight excluding hydrogens is 203 g/mol. The van der Waals surface area contributed by atoms with Crippen LogP contribution in [0.3, 0.4) is 0 Å². The molecule has 0 aliphatic carbocycles. The van der Waals surface area contributed by atoms with E-state index in [4.69, 9.17) is 18.8 Å². The Kier molecular flexibility index (Phi) is 37.0. The molecule has 0 fully saturated rings. The van der Waals surface area contributed by atoms with Crippen LogP contribution < -0.4 is 0 Å². The second-order valence-electron chi connectivity index (χ2n) is 0.283. The average molecular weight is 205 g/mol. The molecule has 0 saturated heterocycles. The first-order valence-corrected chi connectivity index (χ1v) is 1.16. The van der Waals surface area contributed by atoms with E-state index in [1.165, 1.54) is 0 Å². The first kappa shape index (κ1) is 15.7. The molecule has 52 valence electrons. The van der Waals surface area contributed by atoms with Crippen molar-refractivity contribution in [3.8, 4) is 0 Å². The number of hydrogen-bond acceptors (Lipinski definition) is 2. The van der Waals surface area contributed by atoms with Crippen LogP contribution in [0.25, 0.3) is 0 Å². The van der Waals surface area contributed by atoms with E-state index in [2.05, 4.69) is 15.9 Å². The first-order chi connectivity index (χ1) is 2.73. The van der Waals surface area contributed by atoms with Gasteiger partial charge in [-0.1, -0.05) is 0 Å². The predicted octanol–water partition coefficient (Wildman–Crippen LogP) is 0.0986. The van der Waals surface area contributed by atoms with Crippen molar-refractivity contribution in [1.82, 2.24) is 0 Å². The molecule has 0 heterocycles. The molecule has 1 radical (unpaired) electrons. The van der Waals surface area contributed by atoms with E-state index in [1.807, 2.05) is 0 Å². The molecule has 0 aromatic rings. The van der Waals surface area contributed by atoms with Gasteiger partial charge in [0.15, 0.2) is 0 Å². The Morgan fingerprint density at radius 1 is 1.29 bits per heavy atom. The third-order valence-electron chi connectivity index (χ3n) is 0. The average Bonchev–Trinajstić information content (AvgIpc) is 1.41. The zero-order valence-corrected chi connectivity index (χ0v) is 4.70. The summed E-state index contributed by atoms with van der Waals surface area (Å²) in [6.45, 7) is 0. The summed E-state index contributed by atoms with van der Waals surface area (Å²) in [6, 6.07) is 0. The van der Waals surface area contributed by atoms with E-state index < -0.39 is 6.16 Å². The van der Waals surface area contributed by atoms with Gasteiger partial charge in [-0.2, -0.15) is 0 Å². The SMILES string of the molecule is O=C(O)O.[Cu].[O]=[Cu]. The molecule has 0 saturated carbocycles. The van der Waals surface area contributed by atoms with E-state index in [0.717, 1.165) is 0 Å². The Morgan fingerprint density at radius 2 is 1.29 bits per heavy atom. The van der Waals surface area contributed by atoms with E-state index >= 15 is 0 Å². The Morgan fingerprint density at radius 3 is 1.29 bits per heavy atom. The predicted molar refractivity (Wildman–Crippen MR) is 11.3 cm³/mol. The van der Waals surface area contributed by atoms with Crippen LogP contribution in [0.4, 0.5) is 4.79 Å². The number of hydrogen-bond donors (Lipinski definition) is 2. The summed E-state index contributed by atoms with van der Waals surface area (Å²) >= 11 is 2.94. The molecule has 0 aromatic carbocycles. The molecule has 6 heteroatoms. The number of rotatable bonds is 0. The van der Waals surface area contributed by atoms with Gasteiger partial charge in [0.1, 0.15) is 0 Å². The third-order valence-corrected chi connectivity index (χ3v) is 0. The normalized spacial score (nSPS) is 4.29. The summed E-state index contributed by atoms with van der Waals surface area (Å²) in [6.07, 6.45) is -1.83. The maximum atomic E-state index is 8.56. The molecule has 0 spiro atoms.